The molecule has 3 unspecified atom stereocenters. The molecule has 3 aromatic carbocycles. The molecule has 0 radical (unpaired) electrons. The molecule has 3 atom stereocenters. The second-order valence-electron chi connectivity index (χ2n) is 8.47. The van der Waals surface area contributed by atoms with Crippen molar-refractivity contribution in [3.05, 3.63) is 107 Å². The molecule has 0 aromatic heterocycles. The Hall–Kier alpha value is -4.01. The van der Waals surface area contributed by atoms with Crippen LogP contribution in [0.15, 0.2) is 84.0 Å². The Bertz CT molecular complexity index is 1160. The molecule has 1 N–H and O–H groups in total. The lowest BCUT2D eigenvalue weighted by molar-refractivity contribution is -0.0927. The number of aryl methyl sites for hydroxylation is 2. The van der Waals surface area contributed by atoms with Crippen LogP contribution in [0.5, 0.6) is 0 Å². The molecule has 0 amide bonds. The summed E-state index contributed by atoms with van der Waals surface area (Å²) in [5, 5.41) is 14.8. The van der Waals surface area contributed by atoms with Gasteiger partial charge < -0.3 is 24.2 Å². The molecule has 0 aliphatic carbocycles. The lowest BCUT2D eigenvalue weighted by Gasteiger charge is -2.28. The fraction of sp³-hybridized carbons (Fsp3) is 0.276. The van der Waals surface area contributed by atoms with Gasteiger partial charge in [0.25, 0.3) is 0 Å². The highest BCUT2D eigenvalue weighted by Gasteiger charge is 2.34. The van der Waals surface area contributed by atoms with Crippen LogP contribution >= 0.6 is 0 Å². The molecule has 0 aliphatic rings. The summed E-state index contributed by atoms with van der Waals surface area (Å²) in [6, 6.07) is 23.0. The van der Waals surface area contributed by atoms with Crippen LogP contribution in [0.1, 0.15) is 37.4 Å². The first-order chi connectivity index (χ1) is 17.9. The Morgan fingerprint density at radius 2 is 1.43 bits per heavy atom. The average molecular weight is 506 g/mol. The van der Waals surface area contributed by atoms with Crippen molar-refractivity contribution >= 4 is 18.2 Å². The Kier molecular flexibility index (Phi) is 10.4. The SMILES string of the molecule is CON=CC(OCc1ccccc1)C(OC(=O)c1ccc(C)cc1)C(O)COC(=O)c1ccc(C)cc1. The Morgan fingerprint density at radius 1 is 0.865 bits per heavy atom. The molecular weight excluding hydrogens is 474 g/mol. The number of carbonyl (C=O) groups is 2. The standard InChI is InChI=1S/C29H31NO7/c1-20-9-13-23(14-10-20)28(32)36-19-25(31)27(37-29(33)24-15-11-21(2)12-16-24)26(17-30-34-3)35-18-22-7-5-4-6-8-22/h4-17,25-27,31H,18-19H2,1-3H3. The molecule has 0 aliphatic heterocycles. The second-order valence-corrected chi connectivity index (χ2v) is 8.47. The minimum Gasteiger partial charge on any atom is -0.459 e. The van der Waals surface area contributed by atoms with E-state index in [0.29, 0.717) is 11.1 Å². The smallest absolute Gasteiger partial charge is 0.338 e. The van der Waals surface area contributed by atoms with E-state index < -0.39 is 36.9 Å². The molecule has 0 fully saturated rings. The Balaban J connectivity index is 1.79. The third kappa shape index (κ3) is 8.56. The van der Waals surface area contributed by atoms with Crippen LogP contribution in [-0.4, -0.2) is 55.3 Å². The minimum absolute atomic E-state index is 0.149. The van der Waals surface area contributed by atoms with E-state index in [1.807, 2.05) is 44.2 Å². The molecule has 37 heavy (non-hydrogen) atoms. The first kappa shape index (κ1) is 27.6. The summed E-state index contributed by atoms with van der Waals surface area (Å²) < 4.78 is 17.0. The van der Waals surface area contributed by atoms with Crippen molar-refractivity contribution in [2.24, 2.45) is 5.16 Å². The maximum Gasteiger partial charge on any atom is 0.338 e. The van der Waals surface area contributed by atoms with Gasteiger partial charge in [-0.15, -0.1) is 0 Å². The van der Waals surface area contributed by atoms with E-state index in [-0.39, 0.29) is 6.61 Å². The molecule has 0 saturated carbocycles. The lowest BCUT2D eigenvalue weighted by Crippen LogP contribution is -2.46. The summed E-state index contributed by atoms with van der Waals surface area (Å²) in [4.78, 5) is 30.2. The molecule has 194 valence electrons. The van der Waals surface area contributed by atoms with Gasteiger partial charge in [0.05, 0.1) is 23.9 Å². The molecule has 0 heterocycles. The second kappa shape index (κ2) is 13.9. The summed E-state index contributed by atoms with van der Waals surface area (Å²) in [5.41, 5.74) is 3.47. The van der Waals surface area contributed by atoms with Gasteiger partial charge in [-0.25, -0.2) is 9.59 Å². The molecule has 8 heteroatoms. The van der Waals surface area contributed by atoms with E-state index in [9.17, 15) is 14.7 Å². The average Bonchev–Trinajstić information content (AvgIpc) is 2.92. The summed E-state index contributed by atoms with van der Waals surface area (Å²) in [6.07, 6.45) is -2.40. The first-order valence-electron chi connectivity index (χ1n) is 11.8. The number of carbonyl (C=O) groups excluding carboxylic acids is 2. The minimum atomic E-state index is -1.42. The summed E-state index contributed by atoms with van der Waals surface area (Å²) in [5.74, 6) is -1.29. The summed E-state index contributed by atoms with van der Waals surface area (Å²) >= 11 is 0. The van der Waals surface area contributed by atoms with E-state index in [2.05, 4.69) is 5.16 Å². The maximum absolute atomic E-state index is 12.9. The van der Waals surface area contributed by atoms with Crippen LogP contribution < -0.4 is 0 Å². The number of oxime groups is 1. The maximum atomic E-state index is 12.9. The topological polar surface area (TPSA) is 104 Å². The lowest BCUT2D eigenvalue weighted by atomic mass is 10.1. The zero-order valence-electron chi connectivity index (χ0n) is 21.1. The number of esters is 2. The van der Waals surface area contributed by atoms with Crippen LogP contribution in [0.4, 0.5) is 0 Å². The highest BCUT2D eigenvalue weighted by molar-refractivity contribution is 5.90. The first-order valence-corrected chi connectivity index (χ1v) is 11.8. The van der Waals surface area contributed by atoms with E-state index in [4.69, 9.17) is 19.0 Å². The van der Waals surface area contributed by atoms with Crippen LogP contribution in [0.3, 0.4) is 0 Å². The normalized spacial score (nSPS) is 13.5. The van der Waals surface area contributed by atoms with E-state index in [1.165, 1.54) is 13.3 Å². The third-order valence-corrected chi connectivity index (χ3v) is 5.50. The number of ether oxygens (including phenoxy) is 3. The molecular formula is C29H31NO7. The number of nitrogens with zero attached hydrogens (tertiary/aromatic N) is 1. The van der Waals surface area contributed by atoms with Crippen molar-refractivity contribution in [3.63, 3.8) is 0 Å². The molecule has 0 bridgehead atoms. The fourth-order valence-corrected chi connectivity index (χ4v) is 3.38. The van der Waals surface area contributed by atoms with Crippen molar-refractivity contribution in [1.29, 1.82) is 0 Å². The fourth-order valence-electron chi connectivity index (χ4n) is 3.38. The van der Waals surface area contributed by atoms with Gasteiger partial charge >= 0.3 is 11.9 Å². The summed E-state index contributed by atoms with van der Waals surface area (Å²) in [7, 11) is 1.36. The number of aliphatic hydroxyl groups is 1. The number of rotatable bonds is 12. The monoisotopic (exact) mass is 505 g/mol. The van der Waals surface area contributed by atoms with Crippen LogP contribution in [0.25, 0.3) is 0 Å². The van der Waals surface area contributed by atoms with Crippen molar-refractivity contribution in [1.82, 2.24) is 0 Å². The predicted molar refractivity (Wildman–Crippen MR) is 138 cm³/mol. The number of benzene rings is 3. The Morgan fingerprint density at radius 3 is 2.00 bits per heavy atom. The van der Waals surface area contributed by atoms with Gasteiger partial charge in [-0.05, 0) is 43.7 Å². The van der Waals surface area contributed by atoms with Gasteiger partial charge in [-0.3, -0.25) is 0 Å². The highest BCUT2D eigenvalue weighted by atomic mass is 16.6. The van der Waals surface area contributed by atoms with Gasteiger partial charge in [-0.2, -0.15) is 0 Å². The van der Waals surface area contributed by atoms with Crippen LogP contribution in [-0.2, 0) is 25.7 Å². The zero-order valence-corrected chi connectivity index (χ0v) is 21.1. The highest BCUT2D eigenvalue weighted by Crippen LogP contribution is 2.16. The van der Waals surface area contributed by atoms with Crippen LogP contribution in [0, 0.1) is 13.8 Å². The zero-order chi connectivity index (χ0) is 26.6. The van der Waals surface area contributed by atoms with Crippen molar-refractivity contribution in [3.8, 4) is 0 Å². The predicted octanol–water partition coefficient (Wildman–Crippen LogP) is 4.26. The van der Waals surface area contributed by atoms with Gasteiger partial charge in [0.15, 0.2) is 6.10 Å². The molecule has 0 saturated heterocycles. The quantitative estimate of drug-likeness (QED) is 0.223. The summed E-state index contributed by atoms with van der Waals surface area (Å²) in [6.45, 7) is 3.52. The Labute approximate surface area is 216 Å². The molecule has 0 spiro atoms. The number of hydrogen-bond donors (Lipinski definition) is 1. The van der Waals surface area contributed by atoms with Crippen LogP contribution in [0.2, 0.25) is 0 Å². The number of hydrogen-bond acceptors (Lipinski definition) is 8. The number of aliphatic hydroxyl groups excluding tert-OH is 1. The largest absolute Gasteiger partial charge is 0.459 e. The van der Waals surface area contributed by atoms with Gasteiger partial charge in [0.2, 0.25) is 0 Å². The molecule has 8 nitrogen and oxygen atoms in total. The molecule has 3 rings (SSSR count). The van der Waals surface area contributed by atoms with Crippen molar-refractivity contribution < 1.29 is 33.7 Å². The van der Waals surface area contributed by atoms with Gasteiger partial charge in [0, 0.05) is 0 Å². The van der Waals surface area contributed by atoms with Crippen molar-refractivity contribution in [2.75, 3.05) is 13.7 Å². The van der Waals surface area contributed by atoms with E-state index >= 15 is 0 Å². The van der Waals surface area contributed by atoms with Gasteiger partial charge in [-0.1, -0.05) is 70.9 Å². The third-order valence-electron chi connectivity index (χ3n) is 5.50. The van der Waals surface area contributed by atoms with E-state index in [0.717, 1.165) is 16.7 Å². The van der Waals surface area contributed by atoms with E-state index in [1.54, 1.807) is 48.5 Å². The van der Waals surface area contributed by atoms with Crippen molar-refractivity contribution in [2.45, 2.75) is 38.8 Å². The van der Waals surface area contributed by atoms with Gasteiger partial charge in [0.1, 0.15) is 25.9 Å². The molecule has 3 aromatic rings.